The summed E-state index contributed by atoms with van der Waals surface area (Å²) in [6, 6.07) is 11.6. The summed E-state index contributed by atoms with van der Waals surface area (Å²) < 4.78 is 0. The maximum absolute atomic E-state index is 12.5. The molecule has 7 nitrogen and oxygen atoms in total. The Labute approximate surface area is 186 Å². The lowest BCUT2D eigenvalue weighted by Crippen LogP contribution is -2.62. The molecular weight excluding hydrogens is 410 g/mol. The first-order chi connectivity index (χ1) is 14.8. The summed E-state index contributed by atoms with van der Waals surface area (Å²) >= 11 is 0. The molecule has 0 aromatic heterocycles. The van der Waals surface area contributed by atoms with E-state index in [-0.39, 0.29) is 11.8 Å². The van der Waals surface area contributed by atoms with Crippen molar-refractivity contribution in [2.45, 2.75) is 31.4 Å². The fourth-order valence-electron chi connectivity index (χ4n) is 3.80. The van der Waals surface area contributed by atoms with Crippen LogP contribution in [-0.4, -0.2) is 50.4 Å². The van der Waals surface area contributed by atoms with Crippen LogP contribution in [0.15, 0.2) is 36.4 Å². The Morgan fingerprint density at radius 1 is 1.23 bits per heavy atom. The van der Waals surface area contributed by atoms with E-state index in [0.29, 0.717) is 31.5 Å². The van der Waals surface area contributed by atoms with E-state index in [2.05, 4.69) is 31.3 Å². The number of aldehydes is 1. The number of carbonyl (C=O) groups is 3. The van der Waals surface area contributed by atoms with Gasteiger partial charge in [-0.1, -0.05) is 24.3 Å². The monoisotopic (exact) mass is 438 g/mol. The van der Waals surface area contributed by atoms with Crippen molar-refractivity contribution in [2.24, 2.45) is 0 Å². The molecule has 2 aromatic carbocycles. The van der Waals surface area contributed by atoms with Crippen LogP contribution in [0, 0.1) is 0 Å². The molecule has 162 valence electrons. The minimum Gasteiger partial charge on any atom is -0.388 e. The largest absolute Gasteiger partial charge is 0.388 e. The van der Waals surface area contributed by atoms with Crippen LogP contribution in [-0.2, 0) is 22.7 Å². The number of carbonyl (C=O) groups excluding carboxylic acids is 3. The van der Waals surface area contributed by atoms with Crippen LogP contribution in [0.1, 0.15) is 34.3 Å². The highest BCUT2D eigenvalue weighted by molar-refractivity contribution is 7.28. The second-order valence-electron chi connectivity index (χ2n) is 7.98. The molecule has 1 aliphatic rings. The molecule has 3 N–H and O–H groups in total. The third-order valence-corrected chi connectivity index (χ3v) is 6.77. The molecule has 31 heavy (non-hydrogen) atoms. The van der Waals surface area contributed by atoms with Crippen molar-refractivity contribution in [3.8, 4) is 0 Å². The van der Waals surface area contributed by atoms with Gasteiger partial charge in [-0.05, 0) is 42.0 Å². The molecule has 0 spiro atoms. The molecule has 0 radical (unpaired) electrons. The van der Waals surface area contributed by atoms with Crippen LogP contribution in [0.3, 0.4) is 0 Å². The molecule has 0 bridgehead atoms. The van der Waals surface area contributed by atoms with Gasteiger partial charge in [-0.3, -0.25) is 24.6 Å². The van der Waals surface area contributed by atoms with Gasteiger partial charge in [0.25, 0.3) is 0 Å². The second kappa shape index (κ2) is 9.63. The average molecular weight is 438 g/mol. The average Bonchev–Trinajstić information content (AvgIpc) is 2.76. The number of amides is 2. The Morgan fingerprint density at radius 3 is 2.61 bits per heavy atom. The van der Waals surface area contributed by atoms with E-state index in [4.69, 9.17) is 0 Å². The minimum absolute atomic E-state index is 0.247. The van der Waals surface area contributed by atoms with Crippen molar-refractivity contribution in [2.75, 3.05) is 24.7 Å². The van der Waals surface area contributed by atoms with Crippen LogP contribution in [0.5, 0.6) is 0 Å². The van der Waals surface area contributed by atoms with E-state index in [9.17, 15) is 14.4 Å². The minimum atomic E-state index is -0.824. The van der Waals surface area contributed by atoms with Crippen molar-refractivity contribution >= 4 is 51.9 Å². The number of hydrogen-bond donors (Lipinski definition) is 3. The molecule has 2 aromatic rings. The maximum Gasteiger partial charge on any atom is 0.238 e. The third-order valence-electron chi connectivity index (χ3n) is 6.09. The first-order valence-corrected chi connectivity index (χ1v) is 10.8. The van der Waals surface area contributed by atoms with Gasteiger partial charge in [0.05, 0.1) is 5.44 Å². The summed E-state index contributed by atoms with van der Waals surface area (Å²) in [4.78, 5) is 37.8. The Bertz CT molecular complexity index is 1020. The highest BCUT2D eigenvalue weighted by Gasteiger charge is 2.41. The fraction of sp³-hybridized carbons (Fsp3) is 0.318. The SMILES string of the molecule is BC1(N(C)Cc2c(C=O)cccc2NCc2cccc(NC)c2P)CCC(=O)NC1=O. The maximum atomic E-state index is 12.5. The number of piperidine rings is 1. The zero-order valence-corrected chi connectivity index (χ0v) is 19.3. The van der Waals surface area contributed by atoms with E-state index in [0.717, 1.165) is 34.1 Å². The van der Waals surface area contributed by atoms with E-state index >= 15 is 0 Å². The molecule has 0 saturated carbocycles. The van der Waals surface area contributed by atoms with E-state index in [1.165, 1.54) is 0 Å². The second-order valence-corrected chi connectivity index (χ2v) is 8.56. The normalized spacial score (nSPS) is 18.6. The number of nitrogens with zero attached hydrogens (tertiary/aromatic N) is 1. The Kier molecular flexibility index (Phi) is 7.13. The molecule has 2 amide bonds. The van der Waals surface area contributed by atoms with Crippen LogP contribution in [0.25, 0.3) is 0 Å². The van der Waals surface area contributed by atoms with Crippen LogP contribution < -0.4 is 21.3 Å². The highest BCUT2D eigenvalue weighted by Crippen LogP contribution is 2.27. The lowest BCUT2D eigenvalue weighted by atomic mass is 9.70. The number of rotatable bonds is 8. The van der Waals surface area contributed by atoms with Crippen molar-refractivity contribution < 1.29 is 14.4 Å². The zero-order valence-electron chi connectivity index (χ0n) is 18.1. The molecule has 2 atom stereocenters. The standard InChI is InChI=1S/C22H28BN4O3P/c1-24-18-8-3-5-14(20(18)31)11-25-17-7-4-6-15(13-28)16(17)12-27(2)22(23)10-9-19(29)26-21(22)30/h3-8,13,24-25H,9-12,23,31H2,1-2H3,(H,26,29,30). The van der Waals surface area contributed by atoms with Crippen LogP contribution >= 0.6 is 9.24 Å². The number of anilines is 2. The number of likely N-dealkylation sites (N-methyl/N-ethyl adjacent to an activating group) is 1. The molecule has 2 unspecified atom stereocenters. The molecule has 9 heteroatoms. The lowest BCUT2D eigenvalue weighted by Gasteiger charge is -2.40. The summed E-state index contributed by atoms with van der Waals surface area (Å²) in [5.41, 5.74) is 3.56. The molecule has 0 aliphatic carbocycles. The topological polar surface area (TPSA) is 90.5 Å². The predicted octanol–water partition coefficient (Wildman–Crippen LogP) is 0.851. The van der Waals surface area contributed by atoms with E-state index in [1.807, 2.05) is 51.1 Å². The van der Waals surface area contributed by atoms with Gasteiger partial charge in [0.15, 0.2) is 0 Å². The van der Waals surface area contributed by atoms with Gasteiger partial charge in [0.1, 0.15) is 14.1 Å². The Morgan fingerprint density at radius 2 is 1.94 bits per heavy atom. The van der Waals surface area contributed by atoms with Gasteiger partial charge < -0.3 is 10.6 Å². The summed E-state index contributed by atoms with van der Waals surface area (Å²) in [6.45, 7) is 0.972. The van der Waals surface area contributed by atoms with Gasteiger partial charge in [0, 0.05) is 43.5 Å². The van der Waals surface area contributed by atoms with Gasteiger partial charge in [-0.15, -0.1) is 9.24 Å². The quantitative estimate of drug-likeness (QED) is 0.245. The van der Waals surface area contributed by atoms with E-state index < -0.39 is 5.44 Å². The first kappa shape index (κ1) is 23.0. The summed E-state index contributed by atoms with van der Waals surface area (Å²) in [5, 5.41) is 10.1. The summed E-state index contributed by atoms with van der Waals surface area (Å²) in [6.07, 6.45) is 1.57. The first-order valence-electron chi connectivity index (χ1n) is 10.2. The number of hydrogen-bond acceptors (Lipinski definition) is 6. The van der Waals surface area contributed by atoms with Crippen molar-refractivity contribution in [3.05, 3.63) is 53.1 Å². The van der Waals surface area contributed by atoms with Crippen LogP contribution in [0.4, 0.5) is 11.4 Å². The van der Waals surface area contributed by atoms with Crippen molar-refractivity contribution in [1.29, 1.82) is 0 Å². The molecule has 1 saturated heterocycles. The summed E-state index contributed by atoms with van der Waals surface area (Å²) in [7, 11) is 8.33. The summed E-state index contributed by atoms with van der Waals surface area (Å²) in [5.74, 6) is -0.551. The number of benzene rings is 2. The molecular formula is C22H28BN4O3P. The molecule has 1 fully saturated rings. The Hall–Kier alpha value is -2.70. The smallest absolute Gasteiger partial charge is 0.238 e. The highest BCUT2D eigenvalue weighted by atomic mass is 31.0. The molecule has 1 aliphatic heterocycles. The van der Waals surface area contributed by atoms with Gasteiger partial charge in [-0.2, -0.15) is 0 Å². The van der Waals surface area contributed by atoms with Gasteiger partial charge in [0.2, 0.25) is 11.8 Å². The molecule has 1 heterocycles. The van der Waals surface area contributed by atoms with Crippen molar-refractivity contribution in [3.63, 3.8) is 0 Å². The lowest BCUT2D eigenvalue weighted by molar-refractivity contribution is -0.139. The van der Waals surface area contributed by atoms with E-state index in [1.54, 1.807) is 6.07 Å². The van der Waals surface area contributed by atoms with Gasteiger partial charge in [-0.25, -0.2) is 0 Å². The fourth-order valence-corrected chi connectivity index (χ4v) is 4.24. The Balaban J connectivity index is 1.85. The van der Waals surface area contributed by atoms with Gasteiger partial charge >= 0.3 is 0 Å². The number of nitrogens with one attached hydrogen (secondary N) is 3. The predicted molar refractivity (Wildman–Crippen MR) is 130 cm³/mol. The molecule has 3 rings (SSSR count). The number of imide groups is 1. The van der Waals surface area contributed by atoms with Crippen LogP contribution in [0.2, 0.25) is 0 Å². The van der Waals surface area contributed by atoms with Crippen molar-refractivity contribution in [1.82, 2.24) is 10.2 Å². The third kappa shape index (κ3) is 4.81. The zero-order chi connectivity index (χ0) is 22.6.